The van der Waals surface area contributed by atoms with Crippen molar-refractivity contribution in [2.24, 2.45) is 0 Å². The number of hydrogen-bond acceptors (Lipinski definition) is 3. The van der Waals surface area contributed by atoms with Gasteiger partial charge in [-0.15, -0.1) is 6.58 Å². The first-order valence-electron chi connectivity index (χ1n) is 6.74. The number of rotatable bonds is 5. The molecule has 2 aliphatic rings. The van der Waals surface area contributed by atoms with Gasteiger partial charge >= 0.3 is 0 Å². The summed E-state index contributed by atoms with van der Waals surface area (Å²) in [6, 6.07) is 6.63. The molecule has 4 heteroatoms. The fourth-order valence-electron chi connectivity index (χ4n) is 2.71. The van der Waals surface area contributed by atoms with Gasteiger partial charge < -0.3 is 15.5 Å². The lowest BCUT2D eigenvalue weighted by molar-refractivity contribution is -0.117. The molecule has 1 amide bonds. The number of fused-ring (bicyclic) bond motifs is 1. The van der Waals surface area contributed by atoms with E-state index in [2.05, 4.69) is 34.2 Å². The molecule has 1 unspecified atom stereocenters. The van der Waals surface area contributed by atoms with Gasteiger partial charge in [0.1, 0.15) is 6.04 Å². The van der Waals surface area contributed by atoms with Gasteiger partial charge in [0.2, 0.25) is 5.91 Å². The van der Waals surface area contributed by atoms with Crippen molar-refractivity contribution in [3.63, 3.8) is 0 Å². The van der Waals surface area contributed by atoms with Crippen molar-refractivity contribution in [2.75, 3.05) is 23.8 Å². The Bertz CT molecular complexity index is 522. The van der Waals surface area contributed by atoms with Crippen LogP contribution in [0.3, 0.4) is 0 Å². The number of anilines is 2. The number of nitrogens with one attached hydrogen (secondary N) is 2. The van der Waals surface area contributed by atoms with Gasteiger partial charge in [-0.1, -0.05) is 12.1 Å². The number of hydrogen-bond donors (Lipinski definition) is 2. The third-order valence-electron chi connectivity index (χ3n) is 3.80. The van der Waals surface area contributed by atoms with E-state index in [1.54, 1.807) is 0 Å². The van der Waals surface area contributed by atoms with E-state index in [-0.39, 0.29) is 11.9 Å². The van der Waals surface area contributed by atoms with Gasteiger partial charge in [-0.25, -0.2) is 0 Å². The maximum Gasteiger partial charge on any atom is 0.246 e. The van der Waals surface area contributed by atoms with E-state index in [0.717, 1.165) is 17.8 Å². The first-order chi connectivity index (χ1) is 9.24. The second kappa shape index (κ2) is 4.70. The third kappa shape index (κ3) is 2.12. The van der Waals surface area contributed by atoms with Gasteiger partial charge in [-0.05, 0) is 32.0 Å². The Balaban J connectivity index is 1.91. The monoisotopic (exact) mass is 257 g/mol. The molecular weight excluding hydrogens is 238 g/mol. The molecule has 1 aromatic carbocycles. The van der Waals surface area contributed by atoms with Crippen molar-refractivity contribution in [1.29, 1.82) is 0 Å². The minimum Gasteiger partial charge on any atom is -0.365 e. The number of carbonyl (C=O) groups excluding carboxylic acids is 1. The minimum atomic E-state index is -0.224. The first kappa shape index (κ1) is 12.2. The highest BCUT2D eigenvalue weighted by atomic mass is 16.2. The Morgan fingerprint density at radius 3 is 2.95 bits per heavy atom. The molecule has 0 spiro atoms. The van der Waals surface area contributed by atoms with Crippen molar-refractivity contribution >= 4 is 17.3 Å². The summed E-state index contributed by atoms with van der Waals surface area (Å²) in [5.74, 6) is 0.0244. The zero-order valence-corrected chi connectivity index (χ0v) is 11.1. The highest BCUT2D eigenvalue weighted by molar-refractivity contribution is 6.03. The van der Waals surface area contributed by atoms with E-state index in [1.165, 1.54) is 18.5 Å². The quantitative estimate of drug-likeness (QED) is 0.794. The van der Waals surface area contributed by atoms with Crippen LogP contribution in [0.1, 0.15) is 24.4 Å². The molecule has 0 saturated heterocycles. The Kier molecular flexibility index (Phi) is 3.03. The van der Waals surface area contributed by atoms with Gasteiger partial charge in [0, 0.05) is 29.5 Å². The normalized spacial score (nSPS) is 20.9. The van der Waals surface area contributed by atoms with Gasteiger partial charge in [-0.2, -0.15) is 0 Å². The van der Waals surface area contributed by atoms with Crippen LogP contribution in [0.5, 0.6) is 0 Å². The molecule has 1 atom stereocenters. The molecule has 0 bridgehead atoms. The minimum absolute atomic E-state index is 0.0244. The van der Waals surface area contributed by atoms with Crippen LogP contribution in [-0.2, 0) is 4.79 Å². The lowest BCUT2D eigenvalue weighted by atomic mass is 10.1. The SMILES string of the molecule is C=CCN(c1ccc2c(c1)NC(=O)C2NC)C1CC1. The Morgan fingerprint density at radius 1 is 1.53 bits per heavy atom. The molecule has 1 saturated carbocycles. The van der Waals surface area contributed by atoms with Crippen LogP contribution >= 0.6 is 0 Å². The molecule has 1 aromatic rings. The van der Waals surface area contributed by atoms with Crippen LogP contribution in [0.4, 0.5) is 11.4 Å². The van der Waals surface area contributed by atoms with Crippen LogP contribution < -0.4 is 15.5 Å². The standard InChI is InChI=1S/C15H19N3O/c1-3-8-18(10-4-5-10)11-6-7-12-13(9-11)17-15(19)14(12)16-2/h3,6-7,9-10,14,16H,1,4-5,8H2,2H3,(H,17,19). The molecule has 1 aliphatic carbocycles. The van der Waals surface area contributed by atoms with Crippen LogP contribution in [-0.4, -0.2) is 25.5 Å². The molecule has 2 N–H and O–H groups in total. The molecule has 0 radical (unpaired) electrons. The fraction of sp³-hybridized carbons (Fsp3) is 0.400. The van der Waals surface area contributed by atoms with Crippen molar-refractivity contribution < 1.29 is 4.79 Å². The van der Waals surface area contributed by atoms with E-state index in [1.807, 2.05) is 19.2 Å². The molecule has 1 fully saturated rings. The average Bonchev–Trinajstić information content (AvgIpc) is 3.18. The number of amides is 1. The van der Waals surface area contributed by atoms with E-state index in [0.29, 0.717) is 6.04 Å². The smallest absolute Gasteiger partial charge is 0.246 e. The maximum absolute atomic E-state index is 11.8. The Morgan fingerprint density at radius 2 is 2.32 bits per heavy atom. The summed E-state index contributed by atoms with van der Waals surface area (Å²) in [6.45, 7) is 4.68. The molecule has 1 aliphatic heterocycles. The molecular formula is C15H19N3O. The van der Waals surface area contributed by atoms with Crippen LogP contribution in [0.25, 0.3) is 0 Å². The molecule has 3 rings (SSSR count). The van der Waals surface area contributed by atoms with Crippen molar-refractivity contribution in [1.82, 2.24) is 5.32 Å². The number of carbonyl (C=O) groups is 1. The van der Waals surface area contributed by atoms with Crippen molar-refractivity contribution in [2.45, 2.75) is 24.9 Å². The maximum atomic E-state index is 11.8. The summed E-state index contributed by atoms with van der Waals surface area (Å²) in [4.78, 5) is 14.2. The van der Waals surface area contributed by atoms with E-state index in [4.69, 9.17) is 0 Å². The molecule has 0 aromatic heterocycles. The largest absolute Gasteiger partial charge is 0.365 e. The average molecular weight is 257 g/mol. The summed E-state index contributed by atoms with van der Waals surface area (Å²) >= 11 is 0. The van der Waals surface area contributed by atoms with Crippen LogP contribution in [0.2, 0.25) is 0 Å². The number of likely N-dealkylation sites (N-methyl/N-ethyl adjacent to an activating group) is 1. The predicted octanol–water partition coefficient (Wildman–Crippen LogP) is 2.05. The molecule has 100 valence electrons. The summed E-state index contributed by atoms with van der Waals surface area (Å²) in [7, 11) is 1.81. The predicted molar refractivity (Wildman–Crippen MR) is 77.4 cm³/mol. The lowest BCUT2D eigenvalue weighted by Crippen LogP contribution is -2.25. The van der Waals surface area contributed by atoms with E-state index in [9.17, 15) is 4.79 Å². The lowest BCUT2D eigenvalue weighted by Gasteiger charge is -2.23. The second-order valence-electron chi connectivity index (χ2n) is 5.15. The highest BCUT2D eigenvalue weighted by Gasteiger charge is 2.32. The summed E-state index contributed by atoms with van der Waals surface area (Å²) < 4.78 is 0. The first-order valence-corrected chi connectivity index (χ1v) is 6.74. The summed E-state index contributed by atoms with van der Waals surface area (Å²) in [5, 5.41) is 5.98. The third-order valence-corrected chi connectivity index (χ3v) is 3.80. The Hall–Kier alpha value is -1.81. The Labute approximate surface area is 113 Å². The highest BCUT2D eigenvalue weighted by Crippen LogP contribution is 2.37. The second-order valence-corrected chi connectivity index (χ2v) is 5.15. The van der Waals surface area contributed by atoms with Crippen molar-refractivity contribution in [3.05, 3.63) is 36.4 Å². The van der Waals surface area contributed by atoms with Gasteiger partial charge in [-0.3, -0.25) is 4.79 Å². The number of nitrogens with zero attached hydrogens (tertiary/aromatic N) is 1. The van der Waals surface area contributed by atoms with Crippen molar-refractivity contribution in [3.8, 4) is 0 Å². The van der Waals surface area contributed by atoms with Gasteiger partial charge in [0.05, 0.1) is 0 Å². The van der Waals surface area contributed by atoms with Gasteiger partial charge in [0.15, 0.2) is 0 Å². The summed E-state index contributed by atoms with van der Waals surface area (Å²) in [6.07, 6.45) is 4.42. The van der Waals surface area contributed by atoms with Gasteiger partial charge in [0.25, 0.3) is 0 Å². The van der Waals surface area contributed by atoms with Crippen LogP contribution in [0.15, 0.2) is 30.9 Å². The van der Waals surface area contributed by atoms with E-state index < -0.39 is 0 Å². The van der Waals surface area contributed by atoms with E-state index >= 15 is 0 Å². The molecule has 1 heterocycles. The zero-order valence-electron chi connectivity index (χ0n) is 11.1. The zero-order chi connectivity index (χ0) is 13.4. The number of benzene rings is 1. The van der Waals surface area contributed by atoms with Crippen LogP contribution in [0, 0.1) is 0 Å². The topological polar surface area (TPSA) is 44.4 Å². The fourth-order valence-corrected chi connectivity index (χ4v) is 2.71. The molecule has 4 nitrogen and oxygen atoms in total. The summed E-state index contributed by atoms with van der Waals surface area (Å²) in [5.41, 5.74) is 3.13. The molecule has 19 heavy (non-hydrogen) atoms.